The lowest BCUT2D eigenvalue weighted by Gasteiger charge is -2.33. The van der Waals surface area contributed by atoms with Crippen LogP contribution >= 0.6 is 0 Å². The maximum Gasteiger partial charge on any atom is 0.438 e. The molecule has 1 amide bonds. The summed E-state index contributed by atoms with van der Waals surface area (Å²) < 4.78 is 45.0. The molecule has 0 unspecified atom stereocenters. The summed E-state index contributed by atoms with van der Waals surface area (Å²) >= 11 is 0. The zero-order chi connectivity index (χ0) is 17.4. The zero-order valence-electron chi connectivity index (χ0n) is 12.9. The second-order valence-corrected chi connectivity index (χ2v) is 5.57. The summed E-state index contributed by atoms with van der Waals surface area (Å²) in [5.74, 6) is -1.20. The molecule has 0 radical (unpaired) electrons. The van der Waals surface area contributed by atoms with Crippen LogP contribution in [-0.4, -0.2) is 40.7 Å². The van der Waals surface area contributed by atoms with Gasteiger partial charge in [0.2, 0.25) is 5.91 Å². The lowest BCUT2D eigenvalue weighted by atomic mass is 10.00. The molecule has 1 aromatic carbocycles. The van der Waals surface area contributed by atoms with Gasteiger partial charge < -0.3 is 9.84 Å². The number of methoxy groups -OCH3 is 1. The fraction of sp³-hybridized carbons (Fsp3) is 0.467. The van der Waals surface area contributed by atoms with Gasteiger partial charge >= 0.3 is 6.18 Å². The Morgan fingerprint density at radius 1 is 1.43 bits per heavy atom. The molecule has 126 valence electrons. The number of aliphatic hydroxyl groups is 1. The van der Waals surface area contributed by atoms with Crippen molar-refractivity contribution in [3.63, 3.8) is 0 Å². The van der Waals surface area contributed by atoms with Gasteiger partial charge in [0.25, 0.3) is 5.72 Å². The Hall–Kier alpha value is -2.09. The summed E-state index contributed by atoms with van der Waals surface area (Å²) in [6.45, 7) is 2.89. The maximum absolute atomic E-state index is 13.3. The molecule has 0 aliphatic carbocycles. The number of ether oxygens (including phenoxy) is 1. The van der Waals surface area contributed by atoms with Crippen LogP contribution in [0.5, 0.6) is 5.75 Å². The topological polar surface area (TPSA) is 62.1 Å². The number of hydrogen-bond donors (Lipinski definition) is 1. The highest BCUT2D eigenvalue weighted by Crippen LogP contribution is 2.42. The van der Waals surface area contributed by atoms with Gasteiger partial charge in [0.1, 0.15) is 5.75 Å². The largest absolute Gasteiger partial charge is 0.497 e. The summed E-state index contributed by atoms with van der Waals surface area (Å²) in [6.07, 6.45) is -5.86. The van der Waals surface area contributed by atoms with E-state index in [1.165, 1.54) is 27.0 Å². The lowest BCUT2D eigenvalue weighted by molar-refractivity contribution is -0.303. The van der Waals surface area contributed by atoms with E-state index in [1.807, 2.05) is 0 Å². The van der Waals surface area contributed by atoms with Crippen LogP contribution < -0.4 is 4.74 Å². The van der Waals surface area contributed by atoms with Gasteiger partial charge in [-0.1, -0.05) is 26.0 Å². The normalized spacial score (nSPS) is 21.6. The Labute approximate surface area is 131 Å². The van der Waals surface area contributed by atoms with Crippen molar-refractivity contribution in [2.24, 2.45) is 11.0 Å². The molecule has 1 aromatic rings. The van der Waals surface area contributed by atoms with Crippen LogP contribution in [0.3, 0.4) is 0 Å². The highest BCUT2D eigenvalue weighted by Gasteiger charge is 2.63. The molecular weight excluding hydrogens is 313 g/mol. The highest BCUT2D eigenvalue weighted by molar-refractivity contribution is 6.03. The van der Waals surface area contributed by atoms with E-state index >= 15 is 0 Å². The van der Waals surface area contributed by atoms with Crippen molar-refractivity contribution in [1.29, 1.82) is 0 Å². The number of nitrogens with zero attached hydrogens (tertiary/aromatic N) is 2. The molecule has 1 aliphatic rings. The molecule has 1 aliphatic heterocycles. The number of hydrazone groups is 1. The van der Waals surface area contributed by atoms with Gasteiger partial charge in [-0.25, -0.2) is 0 Å². The number of carbonyl (C=O) groups is 1. The number of halogens is 3. The van der Waals surface area contributed by atoms with Gasteiger partial charge in [0.15, 0.2) is 0 Å². The maximum atomic E-state index is 13.3. The second kappa shape index (κ2) is 5.84. The van der Waals surface area contributed by atoms with E-state index in [9.17, 15) is 23.1 Å². The van der Waals surface area contributed by atoms with Gasteiger partial charge in [-0.3, -0.25) is 4.79 Å². The molecule has 8 heteroatoms. The van der Waals surface area contributed by atoms with E-state index in [1.54, 1.807) is 18.2 Å². The van der Waals surface area contributed by atoms with E-state index < -0.39 is 30.1 Å². The third-order valence-corrected chi connectivity index (χ3v) is 3.54. The van der Waals surface area contributed by atoms with Crippen LogP contribution in [0.4, 0.5) is 13.2 Å². The van der Waals surface area contributed by atoms with Crippen LogP contribution in [0.15, 0.2) is 29.4 Å². The first kappa shape index (κ1) is 17.3. The van der Waals surface area contributed by atoms with Gasteiger partial charge in [0, 0.05) is 11.5 Å². The van der Waals surface area contributed by atoms with Crippen molar-refractivity contribution >= 4 is 11.6 Å². The molecule has 0 saturated carbocycles. The molecule has 0 aromatic heterocycles. The molecule has 1 N–H and O–H groups in total. The van der Waals surface area contributed by atoms with Crippen molar-refractivity contribution in [2.75, 3.05) is 7.11 Å². The van der Waals surface area contributed by atoms with E-state index in [0.717, 1.165) is 0 Å². The molecule has 0 bridgehead atoms. The van der Waals surface area contributed by atoms with Gasteiger partial charge in [-0.05, 0) is 12.1 Å². The Balaban J connectivity index is 2.47. The van der Waals surface area contributed by atoms with Crippen molar-refractivity contribution < 1.29 is 27.8 Å². The average molecular weight is 330 g/mol. The van der Waals surface area contributed by atoms with Crippen molar-refractivity contribution in [3.05, 3.63) is 29.8 Å². The lowest BCUT2D eigenvalue weighted by Crippen LogP contribution is -2.57. The van der Waals surface area contributed by atoms with Crippen molar-refractivity contribution in [1.82, 2.24) is 5.01 Å². The van der Waals surface area contributed by atoms with Crippen LogP contribution in [0.25, 0.3) is 0 Å². The minimum Gasteiger partial charge on any atom is -0.497 e. The smallest absolute Gasteiger partial charge is 0.438 e. The van der Waals surface area contributed by atoms with Crippen LogP contribution in [0.2, 0.25) is 0 Å². The van der Waals surface area contributed by atoms with Gasteiger partial charge in [0.05, 0.1) is 19.2 Å². The number of amides is 1. The third-order valence-electron chi connectivity index (χ3n) is 3.54. The van der Waals surface area contributed by atoms with Crippen molar-refractivity contribution in [3.8, 4) is 5.75 Å². The first-order valence-corrected chi connectivity index (χ1v) is 6.95. The number of rotatable bonds is 3. The minimum atomic E-state index is -5.03. The summed E-state index contributed by atoms with van der Waals surface area (Å²) in [5.41, 5.74) is -3.02. The van der Waals surface area contributed by atoms with E-state index in [4.69, 9.17) is 4.74 Å². The highest BCUT2D eigenvalue weighted by atomic mass is 19.4. The Morgan fingerprint density at radius 3 is 2.61 bits per heavy atom. The van der Waals surface area contributed by atoms with Crippen LogP contribution in [0, 0.1) is 5.92 Å². The standard InChI is InChI=1S/C15H17F3N2O3/c1-9(2)13(21)20-14(22,15(16,17)18)8-12(19-20)10-5-4-6-11(7-10)23-3/h4-7,9,22H,8H2,1-3H3/t14-/m0/s1. The Bertz CT molecular complexity index is 643. The van der Waals surface area contributed by atoms with E-state index in [0.29, 0.717) is 11.3 Å². The summed E-state index contributed by atoms with van der Waals surface area (Å²) in [4.78, 5) is 12.0. The SMILES string of the molecule is COc1cccc(C2=NN(C(=O)C(C)C)[C@@](O)(C(F)(F)F)C2)c1. The summed E-state index contributed by atoms with van der Waals surface area (Å²) in [6, 6.07) is 6.27. The molecule has 23 heavy (non-hydrogen) atoms. The first-order chi connectivity index (χ1) is 10.6. The molecule has 2 rings (SSSR count). The molecule has 1 heterocycles. The molecule has 1 atom stereocenters. The zero-order valence-corrected chi connectivity index (χ0v) is 12.9. The molecular formula is C15H17F3N2O3. The summed E-state index contributed by atoms with van der Waals surface area (Å²) in [5, 5.41) is 14.0. The summed E-state index contributed by atoms with van der Waals surface area (Å²) in [7, 11) is 1.43. The fourth-order valence-corrected chi connectivity index (χ4v) is 2.21. The van der Waals surface area contributed by atoms with Crippen LogP contribution in [-0.2, 0) is 4.79 Å². The molecule has 0 fully saturated rings. The van der Waals surface area contributed by atoms with Gasteiger partial charge in [-0.15, -0.1) is 0 Å². The number of benzene rings is 1. The number of carbonyl (C=O) groups excluding carboxylic acids is 1. The fourth-order valence-electron chi connectivity index (χ4n) is 2.21. The average Bonchev–Trinajstić information content (AvgIpc) is 2.85. The Morgan fingerprint density at radius 2 is 2.09 bits per heavy atom. The quantitative estimate of drug-likeness (QED) is 0.926. The minimum absolute atomic E-state index is 0.0299. The monoisotopic (exact) mass is 330 g/mol. The molecule has 5 nitrogen and oxygen atoms in total. The van der Waals surface area contributed by atoms with Crippen molar-refractivity contribution in [2.45, 2.75) is 32.2 Å². The molecule has 0 spiro atoms. The van der Waals surface area contributed by atoms with Gasteiger partial charge in [-0.2, -0.15) is 23.3 Å². The van der Waals surface area contributed by atoms with E-state index in [2.05, 4.69) is 5.10 Å². The predicted octanol–water partition coefficient (Wildman–Crippen LogP) is 2.54. The molecule has 0 saturated heterocycles. The predicted molar refractivity (Wildman–Crippen MR) is 76.8 cm³/mol. The Kier molecular flexibility index (Phi) is 4.39. The van der Waals surface area contributed by atoms with E-state index in [-0.39, 0.29) is 10.7 Å². The van der Waals surface area contributed by atoms with Crippen LogP contribution in [0.1, 0.15) is 25.8 Å². The first-order valence-electron chi connectivity index (χ1n) is 6.95. The second-order valence-electron chi connectivity index (χ2n) is 5.57. The number of alkyl halides is 3. The third kappa shape index (κ3) is 3.03. The number of hydrogen-bond acceptors (Lipinski definition) is 4.